The molecule has 1 saturated heterocycles. The van der Waals surface area contributed by atoms with Gasteiger partial charge in [0.2, 0.25) is 10.0 Å². The molecule has 2 aromatic rings. The molecule has 0 bridgehead atoms. The van der Waals surface area contributed by atoms with Gasteiger partial charge in [0.05, 0.1) is 6.04 Å². The number of pyridine rings is 1. The van der Waals surface area contributed by atoms with E-state index in [4.69, 9.17) is 5.73 Å². The molecule has 21 heavy (non-hydrogen) atoms. The van der Waals surface area contributed by atoms with Gasteiger partial charge in [0, 0.05) is 12.7 Å². The molecule has 0 radical (unpaired) electrons. The van der Waals surface area contributed by atoms with E-state index in [1.165, 1.54) is 18.3 Å². The minimum atomic E-state index is -3.54. The Morgan fingerprint density at radius 1 is 1.14 bits per heavy atom. The molecule has 0 spiro atoms. The Morgan fingerprint density at radius 2 is 1.90 bits per heavy atom. The van der Waals surface area contributed by atoms with Crippen LogP contribution in [0.5, 0.6) is 0 Å². The van der Waals surface area contributed by atoms with E-state index in [0.29, 0.717) is 12.4 Å². The van der Waals surface area contributed by atoms with E-state index in [1.807, 2.05) is 30.3 Å². The number of hydrogen-bond acceptors (Lipinski definition) is 4. The van der Waals surface area contributed by atoms with Crippen LogP contribution in [0.3, 0.4) is 0 Å². The maximum atomic E-state index is 12.8. The highest BCUT2D eigenvalue weighted by Gasteiger charge is 2.36. The number of rotatable bonds is 3. The lowest BCUT2D eigenvalue weighted by Gasteiger charge is -2.24. The largest absolute Gasteiger partial charge is 0.384 e. The summed E-state index contributed by atoms with van der Waals surface area (Å²) in [6, 6.07) is 12.7. The molecule has 2 heterocycles. The number of anilines is 1. The summed E-state index contributed by atoms with van der Waals surface area (Å²) in [7, 11) is -3.54. The molecule has 1 aliphatic rings. The summed E-state index contributed by atoms with van der Waals surface area (Å²) >= 11 is 0. The van der Waals surface area contributed by atoms with Gasteiger partial charge < -0.3 is 5.73 Å². The van der Waals surface area contributed by atoms with Gasteiger partial charge in [-0.25, -0.2) is 13.4 Å². The van der Waals surface area contributed by atoms with Crippen LogP contribution < -0.4 is 5.73 Å². The van der Waals surface area contributed by atoms with Crippen LogP contribution in [-0.4, -0.2) is 24.3 Å². The van der Waals surface area contributed by atoms with Gasteiger partial charge in [0.25, 0.3) is 0 Å². The lowest BCUT2D eigenvalue weighted by Crippen LogP contribution is -2.30. The third-order valence-electron chi connectivity index (χ3n) is 3.75. The normalized spacial score (nSPS) is 19.7. The maximum absolute atomic E-state index is 12.8. The second-order valence-electron chi connectivity index (χ2n) is 5.10. The van der Waals surface area contributed by atoms with Crippen molar-refractivity contribution in [3.8, 4) is 0 Å². The van der Waals surface area contributed by atoms with E-state index in [2.05, 4.69) is 4.98 Å². The van der Waals surface area contributed by atoms with E-state index < -0.39 is 10.0 Å². The summed E-state index contributed by atoms with van der Waals surface area (Å²) in [5.74, 6) is 0.315. The van der Waals surface area contributed by atoms with Gasteiger partial charge in [0.1, 0.15) is 10.7 Å². The van der Waals surface area contributed by atoms with E-state index in [1.54, 1.807) is 4.31 Å². The standard InChI is InChI=1S/C15H17N3O2S/c16-15-9-8-13(11-17-15)21(19,20)18-10-4-7-14(18)12-5-2-1-3-6-12/h1-3,5-6,8-9,11,14H,4,7,10H2,(H2,16,17). The highest BCUT2D eigenvalue weighted by Crippen LogP contribution is 2.36. The van der Waals surface area contributed by atoms with Gasteiger partial charge in [-0.2, -0.15) is 4.31 Å². The molecule has 2 N–H and O–H groups in total. The van der Waals surface area contributed by atoms with E-state index in [-0.39, 0.29) is 10.9 Å². The molecule has 1 atom stereocenters. The quantitative estimate of drug-likeness (QED) is 0.943. The van der Waals surface area contributed by atoms with Crippen molar-refractivity contribution in [3.63, 3.8) is 0 Å². The second-order valence-corrected chi connectivity index (χ2v) is 6.99. The molecule has 1 fully saturated rings. The van der Waals surface area contributed by atoms with Crippen molar-refractivity contribution in [2.75, 3.05) is 12.3 Å². The smallest absolute Gasteiger partial charge is 0.245 e. The fraction of sp³-hybridized carbons (Fsp3) is 0.267. The van der Waals surface area contributed by atoms with Crippen molar-refractivity contribution in [1.29, 1.82) is 0 Å². The van der Waals surface area contributed by atoms with Crippen molar-refractivity contribution >= 4 is 15.8 Å². The summed E-state index contributed by atoms with van der Waals surface area (Å²) in [5, 5.41) is 0. The zero-order chi connectivity index (χ0) is 14.9. The Bertz CT molecular complexity index is 714. The highest BCUT2D eigenvalue weighted by molar-refractivity contribution is 7.89. The first-order valence-electron chi connectivity index (χ1n) is 6.87. The highest BCUT2D eigenvalue weighted by atomic mass is 32.2. The number of hydrogen-bond donors (Lipinski definition) is 1. The van der Waals surface area contributed by atoms with E-state index >= 15 is 0 Å². The molecular formula is C15H17N3O2S. The third kappa shape index (κ3) is 2.64. The Labute approximate surface area is 124 Å². The summed E-state index contributed by atoms with van der Waals surface area (Å²) in [6.45, 7) is 0.534. The second kappa shape index (κ2) is 5.46. The van der Waals surface area contributed by atoms with Crippen molar-refractivity contribution in [2.45, 2.75) is 23.8 Å². The lowest BCUT2D eigenvalue weighted by atomic mass is 10.1. The number of aromatic nitrogens is 1. The molecule has 0 amide bonds. The van der Waals surface area contributed by atoms with Crippen LogP contribution >= 0.6 is 0 Å². The summed E-state index contributed by atoms with van der Waals surface area (Å²) in [5.41, 5.74) is 6.55. The number of benzene rings is 1. The topological polar surface area (TPSA) is 76.3 Å². The van der Waals surface area contributed by atoms with Crippen LogP contribution in [0, 0.1) is 0 Å². The first kappa shape index (κ1) is 14.0. The Morgan fingerprint density at radius 3 is 2.57 bits per heavy atom. The molecule has 1 aromatic carbocycles. The van der Waals surface area contributed by atoms with Crippen LogP contribution in [0.1, 0.15) is 24.4 Å². The van der Waals surface area contributed by atoms with E-state index in [9.17, 15) is 8.42 Å². The molecule has 3 rings (SSSR count). The summed E-state index contributed by atoms with van der Waals surface area (Å²) in [4.78, 5) is 4.08. The molecule has 1 aliphatic heterocycles. The monoisotopic (exact) mass is 303 g/mol. The fourth-order valence-corrected chi connectivity index (χ4v) is 4.34. The minimum Gasteiger partial charge on any atom is -0.384 e. The predicted molar refractivity (Wildman–Crippen MR) is 81.0 cm³/mol. The molecule has 0 aliphatic carbocycles. The molecule has 5 nitrogen and oxygen atoms in total. The van der Waals surface area contributed by atoms with Crippen LogP contribution in [0.15, 0.2) is 53.6 Å². The molecule has 1 aromatic heterocycles. The average molecular weight is 303 g/mol. The van der Waals surface area contributed by atoms with Gasteiger partial charge >= 0.3 is 0 Å². The summed E-state index contributed by atoms with van der Waals surface area (Å²) in [6.07, 6.45) is 3.03. The zero-order valence-electron chi connectivity index (χ0n) is 11.5. The minimum absolute atomic E-state index is 0.103. The van der Waals surface area contributed by atoms with Crippen LogP contribution in [0.2, 0.25) is 0 Å². The van der Waals surface area contributed by atoms with Gasteiger partial charge in [-0.15, -0.1) is 0 Å². The van der Waals surface area contributed by atoms with Crippen LogP contribution in [0.4, 0.5) is 5.82 Å². The molecular weight excluding hydrogens is 286 g/mol. The average Bonchev–Trinajstić information content (AvgIpc) is 2.99. The number of sulfonamides is 1. The Hall–Kier alpha value is -1.92. The lowest BCUT2D eigenvalue weighted by molar-refractivity contribution is 0.396. The van der Waals surface area contributed by atoms with Crippen molar-refractivity contribution < 1.29 is 8.42 Å². The first-order chi connectivity index (χ1) is 10.1. The number of nitrogens with zero attached hydrogens (tertiary/aromatic N) is 2. The van der Waals surface area contributed by atoms with Crippen LogP contribution in [0.25, 0.3) is 0 Å². The van der Waals surface area contributed by atoms with Crippen molar-refractivity contribution in [3.05, 3.63) is 54.2 Å². The molecule has 0 saturated carbocycles. The van der Waals surface area contributed by atoms with Gasteiger partial charge in [-0.3, -0.25) is 0 Å². The van der Waals surface area contributed by atoms with Crippen molar-refractivity contribution in [2.24, 2.45) is 0 Å². The fourth-order valence-electron chi connectivity index (χ4n) is 2.72. The third-order valence-corrected chi connectivity index (χ3v) is 5.65. The summed E-state index contributed by atoms with van der Waals surface area (Å²) < 4.78 is 27.1. The van der Waals surface area contributed by atoms with Gasteiger partial charge in [-0.05, 0) is 30.5 Å². The number of nitrogens with two attached hydrogens (primary N) is 1. The Balaban J connectivity index is 1.96. The van der Waals surface area contributed by atoms with Gasteiger partial charge in [0.15, 0.2) is 0 Å². The Kier molecular flexibility index (Phi) is 3.65. The SMILES string of the molecule is Nc1ccc(S(=O)(=O)N2CCCC2c2ccccc2)cn1. The first-order valence-corrected chi connectivity index (χ1v) is 8.31. The molecule has 6 heteroatoms. The van der Waals surface area contributed by atoms with Gasteiger partial charge in [-0.1, -0.05) is 30.3 Å². The molecule has 1 unspecified atom stereocenters. The van der Waals surface area contributed by atoms with Crippen LogP contribution in [-0.2, 0) is 10.0 Å². The van der Waals surface area contributed by atoms with Crippen molar-refractivity contribution in [1.82, 2.24) is 9.29 Å². The maximum Gasteiger partial charge on any atom is 0.245 e. The zero-order valence-corrected chi connectivity index (χ0v) is 12.3. The van der Waals surface area contributed by atoms with E-state index in [0.717, 1.165) is 18.4 Å². The predicted octanol–water partition coefficient (Wildman–Crippen LogP) is 2.19. The number of nitrogen functional groups attached to an aromatic ring is 1. The molecule has 110 valence electrons.